The number of carbonyl (C=O) groups is 1. The van der Waals surface area contributed by atoms with E-state index in [-0.39, 0.29) is 17.9 Å². The topological polar surface area (TPSA) is 63.5 Å². The number of pyridine rings is 1. The minimum Gasteiger partial charge on any atom is -0.348 e. The fourth-order valence-electron chi connectivity index (χ4n) is 2.36. The van der Waals surface area contributed by atoms with Crippen molar-refractivity contribution in [1.82, 2.24) is 14.7 Å². The molecule has 0 atom stereocenters. The zero-order chi connectivity index (χ0) is 17.3. The summed E-state index contributed by atoms with van der Waals surface area (Å²) in [6.07, 6.45) is 2.90. The molecule has 24 heavy (non-hydrogen) atoms. The van der Waals surface area contributed by atoms with Crippen LogP contribution in [0.1, 0.15) is 27.0 Å². The van der Waals surface area contributed by atoms with Crippen molar-refractivity contribution in [2.75, 3.05) is 0 Å². The van der Waals surface area contributed by atoms with Gasteiger partial charge in [-0.05, 0) is 42.7 Å². The third kappa shape index (κ3) is 3.03. The van der Waals surface area contributed by atoms with E-state index in [1.165, 1.54) is 16.7 Å². The Hall–Kier alpha value is -3.02. The van der Waals surface area contributed by atoms with E-state index in [1.54, 1.807) is 31.3 Å². The molecule has 1 amide bonds. The number of rotatable bonds is 3. The Morgan fingerprint density at radius 2 is 2.04 bits per heavy atom. The molecule has 0 unspecified atom stereocenters. The third-order valence-corrected chi connectivity index (χ3v) is 3.78. The standard InChI is InChI=1S/C18H16FN3O2/c1-11-3-6-16-20-9-14(18(24)22(16)10-11)17(23)21-8-13-5-4-12(2)15(19)7-13/h3-7,9-10H,8H2,1-2H3,(H,21,23). The van der Waals surface area contributed by atoms with Gasteiger partial charge in [0.1, 0.15) is 17.0 Å². The van der Waals surface area contributed by atoms with Crippen LogP contribution in [0, 0.1) is 19.7 Å². The van der Waals surface area contributed by atoms with Crippen molar-refractivity contribution >= 4 is 11.6 Å². The van der Waals surface area contributed by atoms with Gasteiger partial charge in [0.2, 0.25) is 0 Å². The van der Waals surface area contributed by atoms with Crippen LogP contribution in [0.2, 0.25) is 0 Å². The first-order valence-corrected chi connectivity index (χ1v) is 7.47. The Kier molecular flexibility index (Phi) is 4.12. The molecule has 2 heterocycles. The van der Waals surface area contributed by atoms with E-state index in [2.05, 4.69) is 10.3 Å². The highest BCUT2D eigenvalue weighted by molar-refractivity contribution is 5.93. The highest BCUT2D eigenvalue weighted by Gasteiger charge is 2.13. The Bertz CT molecular complexity index is 995. The molecular formula is C18H16FN3O2. The van der Waals surface area contributed by atoms with E-state index in [9.17, 15) is 14.0 Å². The van der Waals surface area contributed by atoms with E-state index < -0.39 is 11.5 Å². The number of amides is 1. The van der Waals surface area contributed by atoms with Crippen LogP contribution in [0.15, 0.2) is 47.5 Å². The number of aromatic nitrogens is 2. The van der Waals surface area contributed by atoms with Crippen LogP contribution in [0.5, 0.6) is 0 Å². The molecule has 0 aliphatic carbocycles. The number of hydrogen-bond donors (Lipinski definition) is 1. The van der Waals surface area contributed by atoms with E-state index in [4.69, 9.17) is 0 Å². The molecule has 3 rings (SSSR count). The van der Waals surface area contributed by atoms with Gasteiger partial charge in [0.05, 0.1) is 0 Å². The molecule has 1 N–H and O–H groups in total. The van der Waals surface area contributed by atoms with Crippen LogP contribution in [0.3, 0.4) is 0 Å². The Morgan fingerprint density at radius 1 is 1.25 bits per heavy atom. The van der Waals surface area contributed by atoms with E-state index >= 15 is 0 Å². The fourth-order valence-corrected chi connectivity index (χ4v) is 2.36. The molecule has 0 bridgehead atoms. The molecule has 122 valence electrons. The second-order valence-electron chi connectivity index (χ2n) is 5.68. The van der Waals surface area contributed by atoms with Crippen molar-refractivity contribution < 1.29 is 9.18 Å². The summed E-state index contributed by atoms with van der Waals surface area (Å²) >= 11 is 0. The zero-order valence-electron chi connectivity index (χ0n) is 13.3. The minimum absolute atomic E-state index is 0.0503. The van der Waals surface area contributed by atoms with Crippen LogP contribution in [-0.2, 0) is 6.54 Å². The van der Waals surface area contributed by atoms with Gasteiger partial charge in [0.25, 0.3) is 11.5 Å². The van der Waals surface area contributed by atoms with Gasteiger partial charge < -0.3 is 5.32 Å². The van der Waals surface area contributed by atoms with Crippen LogP contribution in [-0.4, -0.2) is 15.3 Å². The van der Waals surface area contributed by atoms with Crippen LogP contribution in [0.4, 0.5) is 4.39 Å². The van der Waals surface area contributed by atoms with Gasteiger partial charge in [-0.2, -0.15) is 0 Å². The molecule has 0 saturated heterocycles. The summed E-state index contributed by atoms with van der Waals surface area (Å²) in [7, 11) is 0. The van der Waals surface area contributed by atoms with Crippen LogP contribution >= 0.6 is 0 Å². The number of halogens is 1. The summed E-state index contributed by atoms with van der Waals surface area (Å²) in [5.41, 5.74) is 2.04. The first-order valence-electron chi connectivity index (χ1n) is 7.47. The lowest BCUT2D eigenvalue weighted by molar-refractivity contribution is 0.0949. The van der Waals surface area contributed by atoms with Crippen molar-refractivity contribution in [1.29, 1.82) is 0 Å². The largest absolute Gasteiger partial charge is 0.348 e. The molecule has 0 aliphatic heterocycles. The monoisotopic (exact) mass is 325 g/mol. The first kappa shape index (κ1) is 15.9. The smallest absolute Gasteiger partial charge is 0.270 e. The molecule has 0 spiro atoms. The van der Waals surface area contributed by atoms with E-state index in [0.29, 0.717) is 16.8 Å². The molecular weight excluding hydrogens is 309 g/mol. The third-order valence-electron chi connectivity index (χ3n) is 3.78. The molecule has 2 aromatic heterocycles. The van der Waals surface area contributed by atoms with Crippen molar-refractivity contribution in [2.24, 2.45) is 0 Å². The highest BCUT2D eigenvalue weighted by atomic mass is 19.1. The molecule has 0 saturated carbocycles. The predicted octanol–water partition coefficient (Wildman–Crippen LogP) is 2.38. The fraction of sp³-hybridized carbons (Fsp3) is 0.167. The average molecular weight is 325 g/mol. The number of hydrogen-bond acceptors (Lipinski definition) is 3. The lowest BCUT2D eigenvalue weighted by Crippen LogP contribution is -2.31. The van der Waals surface area contributed by atoms with Crippen LogP contribution in [0.25, 0.3) is 5.65 Å². The normalized spacial score (nSPS) is 10.8. The Balaban J connectivity index is 1.84. The maximum absolute atomic E-state index is 13.5. The summed E-state index contributed by atoms with van der Waals surface area (Å²) in [5, 5.41) is 2.62. The number of aryl methyl sites for hydroxylation is 2. The zero-order valence-corrected chi connectivity index (χ0v) is 13.3. The number of nitrogens with zero attached hydrogens (tertiary/aromatic N) is 2. The van der Waals surface area contributed by atoms with Gasteiger partial charge in [-0.15, -0.1) is 0 Å². The predicted molar refractivity (Wildman–Crippen MR) is 88.5 cm³/mol. The van der Waals surface area contributed by atoms with Gasteiger partial charge in [0, 0.05) is 18.9 Å². The lowest BCUT2D eigenvalue weighted by atomic mass is 10.1. The number of benzene rings is 1. The second kappa shape index (κ2) is 6.23. The molecule has 0 aliphatic rings. The van der Waals surface area contributed by atoms with Crippen molar-refractivity contribution in [3.8, 4) is 0 Å². The molecule has 6 heteroatoms. The summed E-state index contributed by atoms with van der Waals surface area (Å²) in [6, 6.07) is 8.30. The van der Waals surface area contributed by atoms with Gasteiger partial charge in [-0.3, -0.25) is 14.0 Å². The molecule has 0 radical (unpaired) electrons. The summed E-state index contributed by atoms with van der Waals surface area (Å²) in [4.78, 5) is 28.8. The van der Waals surface area contributed by atoms with Crippen LogP contribution < -0.4 is 10.9 Å². The minimum atomic E-state index is -0.538. The summed E-state index contributed by atoms with van der Waals surface area (Å²) < 4.78 is 14.9. The molecule has 0 fully saturated rings. The molecule has 1 aromatic carbocycles. The second-order valence-corrected chi connectivity index (χ2v) is 5.68. The SMILES string of the molecule is Cc1ccc2ncc(C(=O)NCc3ccc(C)c(F)c3)c(=O)n2c1. The van der Waals surface area contributed by atoms with Gasteiger partial charge in [-0.25, -0.2) is 9.37 Å². The van der Waals surface area contributed by atoms with Gasteiger partial charge >= 0.3 is 0 Å². The van der Waals surface area contributed by atoms with Crippen molar-refractivity contribution in [3.05, 3.63) is 81.2 Å². The first-order chi connectivity index (χ1) is 11.5. The van der Waals surface area contributed by atoms with Crippen molar-refractivity contribution in [3.63, 3.8) is 0 Å². The Labute approximate surface area is 137 Å². The number of carbonyl (C=O) groups excluding carboxylic acids is 1. The average Bonchev–Trinajstić information content (AvgIpc) is 2.56. The lowest BCUT2D eigenvalue weighted by Gasteiger charge is -2.07. The van der Waals surface area contributed by atoms with E-state index in [1.807, 2.05) is 13.0 Å². The number of fused-ring (bicyclic) bond motifs is 1. The van der Waals surface area contributed by atoms with Gasteiger partial charge in [0.15, 0.2) is 0 Å². The highest BCUT2D eigenvalue weighted by Crippen LogP contribution is 2.09. The summed E-state index contributed by atoms with van der Waals surface area (Å²) in [6.45, 7) is 3.65. The molecule has 3 aromatic rings. The van der Waals surface area contributed by atoms with Crippen molar-refractivity contribution in [2.45, 2.75) is 20.4 Å². The number of nitrogens with one attached hydrogen (secondary N) is 1. The van der Waals surface area contributed by atoms with E-state index in [0.717, 1.165) is 5.56 Å². The molecule has 5 nitrogen and oxygen atoms in total. The maximum Gasteiger partial charge on any atom is 0.270 e. The Morgan fingerprint density at radius 3 is 2.79 bits per heavy atom. The van der Waals surface area contributed by atoms with Gasteiger partial charge in [-0.1, -0.05) is 18.2 Å². The maximum atomic E-state index is 13.5. The quantitative estimate of drug-likeness (QED) is 0.804. The summed E-state index contributed by atoms with van der Waals surface area (Å²) in [5.74, 6) is -0.867.